The number of hydrogen-bond donors (Lipinski definition) is 1. The molecule has 4 rings (SSSR count). The number of aromatic nitrogens is 2. The molecule has 1 atom stereocenters. The van der Waals surface area contributed by atoms with Crippen molar-refractivity contribution in [3.8, 4) is 11.5 Å². The van der Waals surface area contributed by atoms with Gasteiger partial charge in [-0.1, -0.05) is 11.2 Å². The van der Waals surface area contributed by atoms with E-state index in [0.29, 0.717) is 24.8 Å². The van der Waals surface area contributed by atoms with Crippen LogP contribution in [0, 0.1) is 6.92 Å². The van der Waals surface area contributed by atoms with Crippen LogP contribution in [0.5, 0.6) is 11.5 Å². The third kappa shape index (κ3) is 3.43. The molecule has 1 amide bonds. The first-order chi connectivity index (χ1) is 12.2. The summed E-state index contributed by atoms with van der Waals surface area (Å²) in [6, 6.07) is 5.73. The topological polar surface area (TPSA) is 89.7 Å². The van der Waals surface area contributed by atoms with Gasteiger partial charge in [0.05, 0.1) is 12.6 Å². The predicted molar refractivity (Wildman–Crippen MR) is 87.0 cm³/mol. The number of amides is 1. The Hall–Kier alpha value is -2.61. The average molecular weight is 344 g/mol. The van der Waals surface area contributed by atoms with Gasteiger partial charge in [-0.15, -0.1) is 0 Å². The summed E-state index contributed by atoms with van der Waals surface area (Å²) in [6.45, 7) is 3.65. The first-order valence-corrected chi connectivity index (χ1v) is 8.38. The zero-order valence-corrected chi connectivity index (χ0v) is 14.0. The molecule has 2 aromatic rings. The maximum Gasteiger partial charge on any atom is 0.234 e. The van der Waals surface area contributed by atoms with Crippen molar-refractivity contribution in [2.24, 2.45) is 0 Å². The SMILES string of the molecule is Cc1nc(C2CCCN2CC(=O)NCc2ccc3c(c2)OCO3)no1. The van der Waals surface area contributed by atoms with Crippen LogP contribution in [0.15, 0.2) is 22.7 Å². The summed E-state index contributed by atoms with van der Waals surface area (Å²) < 4.78 is 15.7. The number of ether oxygens (including phenoxy) is 2. The van der Waals surface area contributed by atoms with Gasteiger partial charge >= 0.3 is 0 Å². The minimum absolute atomic E-state index is 0.0233. The molecule has 8 heteroatoms. The molecule has 132 valence electrons. The van der Waals surface area contributed by atoms with Gasteiger partial charge in [0, 0.05) is 13.5 Å². The molecule has 1 N–H and O–H groups in total. The molecule has 1 aromatic carbocycles. The van der Waals surface area contributed by atoms with Gasteiger partial charge in [-0.2, -0.15) is 4.98 Å². The van der Waals surface area contributed by atoms with E-state index in [9.17, 15) is 4.79 Å². The molecule has 0 spiro atoms. The fraction of sp³-hybridized carbons (Fsp3) is 0.471. The van der Waals surface area contributed by atoms with Crippen molar-refractivity contribution >= 4 is 5.91 Å². The normalized spacial score (nSPS) is 19.3. The molecule has 1 fully saturated rings. The highest BCUT2D eigenvalue weighted by atomic mass is 16.7. The van der Waals surface area contributed by atoms with Gasteiger partial charge in [0.15, 0.2) is 17.3 Å². The number of hydrogen-bond acceptors (Lipinski definition) is 7. The Bertz CT molecular complexity index is 776. The predicted octanol–water partition coefficient (Wildman–Crippen LogP) is 1.56. The number of nitrogens with zero attached hydrogens (tertiary/aromatic N) is 3. The van der Waals surface area contributed by atoms with Crippen LogP contribution in [0.4, 0.5) is 0 Å². The number of likely N-dealkylation sites (tertiary alicyclic amines) is 1. The van der Waals surface area contributed by atoms with Gasteiger partial charge in [-0.05, 0) is 37.1 Å². The van der Waals surface area contributed by atoms with Gasteiger partial charge in [0.1, 0.15) is 0 Å². The molecule has 0 bridgehead atoms. The zero-order valence-electron chi connectivity index (χ0n) is 14.0. The first-order valence-electron chi connectivity index (χ1n) is 8.38. The van der Waals surface area contributed by atoms with Gasteiger partial charge in [-0.25, -0.2) is 0 Å². The van der Waals surface area contributed by atoms with Gasteiger partial charge < -0.3 is 19.3 Å². The summed E-state index contributed by atoms with van der Waals surface area (Å²) in [6.07, 6.45) is 1.96. The van der Waals surface area contributed by atoms with E-state index in [2.05, 4.69) is 20.4 Å². The molecule has 0 aliphatic carbocycles. The highest BCUT2D eigenvalue weighted by Gasteiger charge is 2.30. The molecule has 8 nitrogen and oxygen atoms in total. The Balaban J connectivity index is 1.32. The lowest BCUT2D eigenvalue weighted by Gasteiger charge is -2.21. The Morgan fingerprint density at radius 2 is 2.24 bits per heavy atom. The molecule has 0 saturated carbocycles. The van der Waals surface area contributed by atoms with Crippen LogP contribution in [0.3, 0.4) is 0 Å². The van der Waals surface area contributed by atoms with E-state index in [1.54, 1.807) is 6.92 Å². The van der Waals surface area contributed by atoms with Crippen LogP contribution in [0.2, 0.25) is 0 Å². The lowest BCUT2D eigenvalue weighted by Crippen LogP contribution is -2.36. The second-order valence-corrected chi connectivity index (χ2v) is 6.26. The summed E-state index contributed by atoms with van der Waals surface area (Å²) >= 11 is 0. The summed E-state index contributed by atoms with van der Waals surface area (Å²) in [4.78, 5) is 18.7. The van der Waals surface area contributed by atoms with Crippen molar-refractivity contribution in [3.63, 3.8) is 0 Å². The van der Waals surface area contributed by atoms with E-state index in [1.165, 1.54) is 0 Å². The Morgan fingerprint density at radius 3 is 3.08 bits per heavy atom. The van der Waals surface area contributed by atoms with Crippen molar-refractivity contribution in [1.29, 1.82) is 0 Å². The van der Waals surface area contributed by atoms with Crippen LogP contribution < -0.4 is 14.8 Å². The summed E-state index contributed by atoms with van der Waals surface area (Å²) in [5, 5.41) is 6.95. The molecule has 1 saturated heterocycles. The van der Waals surface area contributed by atoms with Crippen LogP contribution in [-0.4, -0.2) is 40.8 Å². The number of benzene rings is 1. The molecule has 3 heterocycles. The Kier molecular flexibility index (Phi) is 4.27. The van der Waals surface area contributed by atoms with E-state index in [-0.39, 0.29) is 18.7 Å². The van der Waals surface area contributed by atoms with Crippen LogP contribution in [-0.2, 0) is 11.3 Å². The summed E-state index contributed by atoms with van der Waals surface area (Å²) in [7, 11) is 0. The highest BCUT2D eigenvalue weighted by Crippen LogP contribution is 2.32. The maximum absolute atomic E-state index is 12.3. The Labute approximate surface area is 145 Å². The average Bonchev–Trinajstić information content (AvgIpc) is 3.32. The Morgan fingerprint density at radius 1 is 1.36 bits per heavy atom. The van der Waals surface area contributed by atoms with Gasteiger partial charge in [-0.3, -0.25) is 9.69 Å². The molecule has 2 aliphatic heterocycles. The molecular formula is C17H20N4O4. The standard InChI is InChI=1S/C17H20N4O4/c1-11-19-17(20-25-11)13-3-2-6-21(13)9-16(22)18-8-12-4-5-14-15(7-12)24-10-23-14/h4-5,7,13H,2-3,6,8-10H2,1H3,(H,18,22). The van der Waals surface area contributed by atoms with E-state index in [1.807, 2.05) is 18.2 Å². The lowest BCUT2D eigenvalue weighted by molar-refractivity contribution is -0.122. The van der Waals surface area contributed by atoms with E-state index in [0.717, 1.165) is 36.4 Å². The second-order valence-electron chi connectivity index (χ2n) is 6.26. The fourth-order valence-electron chi connectivity index (χ4n) is 3.25. The number of carbonyl (C=O) groups is 1. The molecule has 25 heavy (non-hydrogen) atoms. The molecule has 1 aromatic heterocycles. The molecule has 0 radical (unpaired) electrons. The zero-order chi connectivity index (χ0) is 17.2. The second kappa shape index (κ2) is 6.72. The molecular weight excluding hydrogens is 324 g/mol. The monoisotopic (exact) mass is 344 g/mol. The minimum Gasteiger partial charge on any atom is -0.454 e. The lowest BCUT2D eigenvalue weighted by atomic mass is 10.2. The number of aryl methyl sites for hydroxylation is 1. The van der Waals surface area contributed by atoms with Crippen molar-refractivity contribution in [3.05, 3.63) is 35.5 Å². The van der Waals surface area contributed by atoms with Crippen LogP contribution in [0.1, 0.15) is 36.2 Å². The summed E-state index contributed by atoms with van der Waals surface area (Å²) in [5.74, 6) is 2.65. The van der Waals surface area contributed by atoms with Crippen LogP contribution in [0.25, 0.3) is 0 Å². The number of fused-ring (bicyclic) bond motifs is 1. The highest BCUT2D eigenvalue weighted by molar-refractivity contribution is 5.78. The van der Waals surface area contributed by atoms with E-state index < -0.39 is 0 Å². The van der Waals surface area contributed by atoms with Crippen LogP contribution >= 0.6 is 0 Å². The number of rotatable bonds is 5. The third-order valence-electron chi connectivity index (χ3n) is 4.48. The smallest absolute Gasteiger partial charge is 0.234 e. The van der Waals surface area contributed by atoms with Crippen molar-refractivity contribution in [2.75, 3.05) is 19.9 Å². The quantitative estimate of drug-likeness (QED) is 0.880. The van der Waals surface area contributed by atoms with E-state index in [4.69, 9.17) is 14.0 Å². The van der Waals surface area contributed by atoms with E-state index >= 15 is 0 Å². The van der Waals surface area contributed by atoms with Gasteiger partial charge in [0.2, 0.25) is 18.6 Å². The minimum atomic E-state index is -0.0233. The molecule has 1 unspecified atom stereocenters. The molecule has 2 aliphatic rings. The first kappa shape index (κ1) is 15.9. The third-order valence-corrected chi connectivity index (χ3v) is 4.48. The van der Waals surface area contributed by atoms with Crippen molar-refractivity contribution in [2.45, 2.75) is 32.4 Å². The van der Waals surface area contributed by atoms with Crippen molar-refractivity contribution in [1.82, 2.24) is 20.4 Å². The van der Waals surface area contributed by atoms with Crippen molar-refractivity contribution < 1.29 is 18.8 Å². The largest absolute Gasteiger partial charge is 0.454 e. The maximum atomic E-state index is 12.3. The number of nitrogens with one attached hydrogen (secondary N) is 1. The fourth-order valence-corrected chi connectivity index (χ4v) is 3.25. The number of carbonyl (C=O) groups excluding carboxylic acids is 1. The van der Waals surface area contributed by atoms with Gasteiger partial charge in [0.25, 0.3) is 0 Å². The summed E-state index contributed by atoms with van der Waals surface area (Å²) in [5.41, 5.74) is 0.976.